The number of hydrogen-bond donors (Lipinski definition) is 2. The van der Waals surface area contributed by atoms with E-state index in [0.717, 1.165) is 16.8 Å². The average molecular weight is 307 g/mol. The summed E-state index contributed by atoms with van der Waals surface area (Å²) >= 11 is 5.58. The standard InChI is InChI=1S/C15H15ClN2O3/c1-9-4-3-5-11(10(9)2)18-14(19)8-17-15(20)12-6-7-13(16)21-12/h3-7H,8H2,1-2H3,(H,17,20)(H,18,19). The van der Waals surface area contributed by atoms with E-state index >= 15 is 0 Å². The molecule has 5 nitrogen and oxygen atoms in total. The van der Waals surface area contributed by atoms with Crippen LogP contribution in [0.1, 0.15) is 21.7 Å². The zero-order valence-electron chi connectivity index (χ0n) is 11.7. The van der Waals surface area contributed by atoms with E-state index in [1.807, 2.05) is 32.0 Å². The van der Waals surface area contributed by atoms with Gasteiger partial charge in [-0.25, -0.2) is 0 Å². The summed E-state index contributed by atoms with van der Waals surface area (Å²) in [6.45, 7) is 3.74. The lowest BCUT2D eigenvalue weighted by molar-refractivity contribution is -0.115. The second kappa shape index (κ2) is 6.45. The van der Waals surface area contributed by atoms with Crippen molar-refractivity contribution in [2.24, 2.45) is 0 Å². The number of nitrogens with one attached hydrogen (secondary N) is 2. The molecule has 21 heavy (non-hydrogen) atoms. The Morgan fingerprint density at radius 2 is 1.95 bits per heavy atom. The van der Waals surface area contributed by atoms with E-state index < -0.39 is 5.91 Å². The van der Waals surface area contributed by atoms with Gasteiger partial charge < -0.3 is 15.1 Å². The maximum absolute atomic E-state index is 11.8. The van der Waals surface area contributed by atoms with Gasteiger partial charge in [0.25, 0.3) is 5.91 Å². The number of rotatable bonds is 4. The highest BCUT2D eigenvalue weighted by atomic mass is 35.5. The summed E-state index contributed by atoms with van der Waals surface area (Å²) in [5, 5.41) is 5.34. The summed E-state index contributed by atoms with van der Waals surface area (Å²) in [5.74, 6) is -0.729. The van der Waals surface area contributed by atoms with Crippen molar-refractivity contribution in [2.75, 3.05) is 11.9 Å². The largest absolute Gasteiger partial charge is 0.440 e. The van der Waals surface area contributed by atoms with Crippen LogP contribution in [0.4, 0.5) is 5.69 Å². The van der Waals surface area contributed by atoms with E-state index in [1.54, 1.807) is 0 Å². The van der Waals surface area contributed by atoms with Crippen LogP contribution in [0.5, 0.6) is 0 Å². The Morgan fingerprint density at radius 1 is 1.19 bits per heavy atom. The van der Waals surface area contributed by atoms with Gasteiger partial charge in [0.05, 0.1) is 6.54 Å². The molecule has 0 fully saturated rings. The van der Waals surface area contributed by atoms with Gasteiger partial charge in [-0.15, -0.1) is 0 Å². The molecule has 1 aromatic heterocycles. The molecule has 0 saturated carbocycles. The van der Waals surface area contributed by atoms with E-state index in [-0.39, 0.29) is 23.4 Å². The molecule has 0 saturated heterocycles. The van der Waals surface area contributed by atoms with Gasteiger partial charge in [-0.1, -0.05) is 12.1 Å². The van der Waals surface area contributed by atoms with Crippen molar-refractivity contribution >= 4 is 29.1 Å². The molecule has 2 rings (SSSR count). The Bertz CT molecular complexity index is 679. The first-order valence-electron chi connectivity index (χ1n) is 6.37. The molecule has 0 aliphatic rings. The predicted octanol–water partition coefficient (Wildman–Crippen LogP) is 2.92. The first-order valence-corrected chi connectivity index (χ1v) is 6.75. The Labute approximate surface area is 127 Å². The Morgan fingerprint density at radius 3 is 2.62 bits per heavy atom. The minimum absolute atomic E-state index is 0.0690. The Hall–Kier alpha value is -2.27. The molecule has 0 aliphatic carbocycles. The number of carbonyl (C=O) groups is 2. The SMILES string of the molecule is Cc1cccc(NC(=O)CNC(=O)c2ccc(Cl)o2)c1C. The predicted molar refractivity (Wildman–Crippen MR) is 80.6 cm³/mol. The van der Waals surface area contributed by atoms with Crippen molar-refractivity contribution in [1.29, 1.82) is 0 Å². The zero-order chi connectivity index (χ0) is 15.4. The number of aryl methyl sites for hydroxylation is 1. The highest BCUT2D eigenvalue weighted by Gasteiger charge is 2.12. The lowest BCUT2D eigenvalue weighted by Crippen LogP contribution is -2.32. The van der Waals surface area contributed by atoms with Gasteiger partial charge in [0.2, 0.25) is 5.91 Å². The fraction of sp³-hybridized carbons (Fsp3) is 0.200. The maximum atomic E-state index is 11.8. The van der Waals surface area contributed by atoms with E-state index in [0.29, 0.717) is 0 Å². The van der Waals surface area contributed by atoms with E-state index in [1.165, 1.54) is 12.1 Å². The second-order valence-electron chi connectivity index (χ2n) is 4.58. The molecular weight excluding hydrogens is 292 g/mol. The van der Waals surface area contributed by atoms with E-state index in [2.05, 4.69) is 10.6 Å². The molecule has 0 unspecified atom stereocenters. The molecule has 110 valence electrons. The summed E-state index contributed by atoms with van der Waals surface area (Å²) in [6, 6.07) is 8.55. The van der Waals surface area contributed by atoms with Crippen molar-refractivity contribution in [1.82, 2.24) is 5.32 Å². The van der Waals surface area contributed by atoms with Gasteiger partial charge in [0.1, 0.15) is 0 Å². The lowest BCUT2D eigenvalue weighted by Gasteiger charge is -2.10. The van der Waals surface area contributed by atoms with Crippen LogP contribution in [0.2, 0.25) is 5.22 Å². The molecule has 1 heterocycles. The number of furan rings is 1. The van der Waals surface area contributed by atoms with Crippen LogP contribution in [0.25, 0.3) is 0 Å². The molecule has 0 bridgehead atoms. The summed E-state index contributed by atoms with van der Waals surface area (Å²) in [6.07, 6.45) is 0. The highest BCUT2D eigenvalue weighted by molar-refractivity contribution is 6.29. The zero-order valence-corrected chi connectivity index (χ0v) is 12.5. The van der Waals surface area contributed by atoms with Gasteiger partial charge in [-0.2, -0.15) is 0 Å². The topological polar surface area (TPSA) is 71.3 Å². The average Bonchev–Trinajstić information content (AvgIpc) is 2.88. The molecule has 1 aromatic carbocycles. The van der Waals surface area contributed by atoms with Crippen LogP contribution < -0.4 is 10.6 Å². The van der Waals surface area contributed by atoms with Gasteiger partial charge in [0, 0.05) is 5.69 Å². The van der Waals surface area contributed by atoms with Crippen LogP contribution >= 0.6 is 11.6 Å². The van der Waals surface area contributed by atoms with E-state index in [4.69, 9.17) is 16.0 Å². The van der Waals surface area contributed by atoms with Crippen molar-refractivity contribution < 1.29 is 14.0 Å². The van der Waals surface area contributed by atoms with Crippen LogP contribution in [-0.2, 0) is 4.79 Å². The fourth-order valence-corrected chi connectivity index (χ4v) is 1.91. The van der Waals surface area contributed by atoms with Crippen molar-refractivity contribution in [3.8, 4) is 0 Å². The van der Waals surface area contributed by atoms with E-state index in [9.17, 15) is 9.59 Å². The smallest absolute Gasteiger partial charge is 0.287 e. The highest BCUT2D eigenvalue weighted by Crippen LogP contribution is 2.17. The lowest BCUT2D eigenvalue weighted by atomic mass is 10.1. The molecule has 0 spiro atoms. The number of benzene rings is 1. The normalized spacial score (nSPS) is 10.2. The summed E-state index contributed by atoms with van der Waals surface area (Å²) in [4.78, 5) is 23.5. The number of amides is 2. The van der Waals surface area contributed by atoms with Crippen LogP contribution in [0.3, 0.4) is 0 Å². The Kier molecular flexibility index (Phi) is 4.65. The fourth-order valence-electron chi connectivity index (χ4n) is 1.76. The van der Waals surface area contributed by atoms with Gasteiger partial charge in [-0.05, 0) is 54.8 Å². The van der Waals surface area contributed by atoms with Crippen molar-refractivity contribution in [3.63, 3.8) is 0 Å². The third kappa shape index (κ3) is 3.86. The van der Waals surface area contributed by atoms with Gasteiger partial charge in [0.15, 0.2) is 11.0 Å². The molecule has 2 N–H and O–H groups in total. The quantitative estimate of drug-likeness (QED) is 0.912. The molecule has 0 aliphatic heterocycles. The third-order valence-electron chi connectivity index (χ3n) is 3.09. The first kappa shape index (κ1) is 15.1. The number of halogens is 1. The summed E-state index contributed by atoms with van der Waals surface area (Å²) in [5.41, 5.74) is 2.81. The number of hydrogen-bond acceptors (Lipinski definition) is 3. The molecular formula is C15H15ClN2O3. The second-order valence-corrected chi connectivity index (χ2v) is 4.95. The molecule has 0 radical (unpaired) electrons. The maximum Gasteiger partial charge on any atom is 0.287 e. The van der Waals surface area contributed by atoms with Crippen LogP contribution in [-0.4, -0.2) is 18.4 Å². The molecule has 2 amide bonds. The molecule has 6 heteroatoms. The first-order chi connectivity index (χ1) is 9.97. The van der Waals surface area contributed by atoms with Crippen molar-refractivity contribution in [3.05, 3.63) is 52.4 Å². The number of carbonyl (C=O) groups excluding carboxylic acids is 2. The van der Waals surface area contributed by atoms with Gasteiger partial charge in [-0.3, -0.25) is 9.59 Å². The summed E-state index contributed by atoms with van der Waals surface area (Å²) < 4.78 is 4.95. The van der Waals surface area contributed by atoms with Crippen LogP contribution in [0.15, 0.2) is 34.7 Å². The monoisotopic (exact) mass is 306 g/mol. The Balaban J connectivity index is 1.90. The molecule has 2 aromatic rings. The minimum atomic E-state index is -0.488. The van der Waals surface area contributed by atoms with Crippen LogP contribution in [0, 0.1) is 13.8 Å². The summed E-state index contributed by atoms with van der Waals surface area (Å²) in [7, 11) is 0. The number of anilines is 1. The van der Waals surface area contributed by atoms with Gasteiger partial charge >= 0.3 is 0 Å². The minimum Gasteiger partial charge on any atom is -0.440 e. The molecule has 0 atom stereocenters. The third-order valence-corrected chi connectivity index (χ3v) is 3.29. The van der Waals surface area contributed by atoms with Crippen molar-refractivity contribution in [2.45, 2.75) is 13.8 Å².